The van der Waals surface area contributed by atoms with Gasteiger partial charge in [-0.05, 0) is 104 Å². The van der Waals surface area contributed by atoms with Crippen LogP contribution in [0.3, 0.4) is 0 Å². The van der Waals surface area contributed by atoms with Gasteiger partial charge in [-0.15, -0.1) is 0 Å². The van der Waals surface area contributed by atoms with E-state index >= 15 is 0 Å². The van der Waals surface area contributed by atoms with Crippen LogP contribution in [0.4, 0.5) is 5.69 Å². The highest BCUT2D eigenvalue weighted by Gasteiger charge is 2.59. The zero-order valence-corrected chi connectivity index (χ0v) is 41.8. The number of benzene rings is 1. The van der Waals surface area contributed by atoms with Crippen LogP contribution in [0.1, 0.15) is 94.9 Å². The van der Waals surface area contributed by atoms with Gasteiger partial charge in [-0.1, -0.05) is 20.8 Å². The molecule has 0 aliphatic carbocycles. The molecule has 378 valence electrons. The fourth-order valence-corrected chi connectivity index (χ4v) is 10.4. The van der Waals surface area contributed by atoms with Gasteiger partial charge < -0.3 is 78.6 Å². The molecule has 0 radical (unpaired) electrons. The van der Waals surface area contributed by atoms with Gasteiger partial charge in [0.15, 0.2) is 18.7 Å². The summed E-state index contributed by atoms with van der Waals surface area (Å²) < 4.78 is 56.5. The third-order valence-electron chi connectivity index (χ3n) is 14.7. The van der Waals surface area contributed by atoms with Gasteiger partial charge in [0.25, 0.3) is 6.02 Å². The zero-order valence-electron chi connectivity index (χ0n) is 41.8. The van der Waals surface area contributed by atoms with Gasteiger partial charge >= 0.3 is 5.97 Å². The van der Waals surface area contributed by atoms with E-state index in [2.05, 4.69) is 10.6 Å². The van der Waals surface area contributed by atoms with Crippen LogP contribution in [0, 0.1) is 17.8 Å². The van der Waals surface area contributed by atoms with Crippen LogP contribution in [0.15, 0.2) is 29.3 Å². The number of aliphatic hydroxyl groups is 4. The summed E-state index contributed by atoms with van der Waals surface area (Å²) in [6.07, 6.45) is -7.22. The Labute approximate surface area is 392 Å². The SMILES string of the molecule is CC[C@H]1OC(=O)[C@H](C)[C@@H](O[C@H]2C[C@@](C)(OC)[C@](O)(CNCCOC)[C@H](C)O2)[C@H](C)[C@@H](O[C@@H]2O[C@H](C)C[C@H]3[C@H]2OC(=Nc2ccc(OC)cc2)N3C)[C@](C)(O)C[C@@H](C)CN[C@H](C)[C@@H](O)[C@]1(C)O. The first-order valence-corrected chi connectivity index (χ1v) is 23.7. The number of nitrogens with one attached hydrogen (secondary N) is 2. The number of hydrogen-bond donors (Lipinski definition) is 6. The standard InChI is InChI=1S/C48H82N4O14/c1-15-36-47(10,56)40(53)31(6)50-25-27(2)23-45(8,55)41(66-43-39-35(22-28(3)61-43)52(11)44(65-39)51-33-16-18-34(59-13)19-17-33)29(4)38(30(5)42(54)63-36)64-37-24-46(9,60-14)48(57,32(7)62-37)26-49-20-21-58-12/h16-19,27-32,35-41,43,49-50,53,55-57H,15,20-26H2,1-14H3/t27-,28-,29+,30-,31-,32+,35+,36-,37+,38+,39-,40-,41-,43+,45-,46-,47-,48+/m1/s1. The van der Waals surface area contributed by atoms with Crippen molar-refractivity contribution in [1.29, 1.82) is 0 Å². The molecule has 66 heavy (non-hydrogen) atoms. The van der Waals surface area contributed by atoms with E-state index in [0.29, 0.717) is 43.6 Å². The minimum absolute atomic E-state index is 0.0613. The molecular weight excluding hydrogens is 857 g/mol. The molecule has 0 saturated carbocycles. The molecule has 6 N–H and O–H groups in total. The van der Waals surface area contributed by atoms with Crippen molar-refractivity contribution in [2.24, 2.45) is 22.7 Å². The van der Waals surface area contributed by atoms with Gasteiger partial charge in [-0.2, -0.15) is 4.99 Å². The number of fused-ring (bicyclic) bond motifs is 1. The van der Waals surface area contributed by atoms with Crippen LogP contribution in [0.25, 0.3) is 0 Å². The first-order chi connectivity index (χ1) is 31.0. The second-order valence-corrected chi connectivity index (χ2v) is 20.0. The highest BCUT2D eigenvalue weighted by molar-refractivity contribution is 5.79. The van der Waals surface area contributed by atoms with Crippen LogP contribution in [-0.2, 0) is 42.7 Å². The van der Waals surface area contributed by atoms with E-state index in [1.165, 1.54) is 14.0 Å². The number of esters is 1. The van der Waals surface area contributed by atoms with Crippen molar-refractivity contribution in [3.63, 3.8) is 0 Å². The first-order valence-electron chi connectivity index (χ1n) is 23.7. The molecule has 5 rings (SSSR count). The molecular formula is C48H82N4O14. The van der Waals surface area contributed by atoms with Gasteiger partial charge in [0, 0.05) is 52.7 Å². The van der Waals surface area contributed by atoms with E-state index in [-0.39, 0.29) is 43.9 Å². The van der Waals surface area contributed by atoms with E-state index < -0.39 is 95.5 Å². The predicted octanol–water partition coefficient (Wildman–Crippen LogP) is 3.27. The van der Waals surface area contributed by atoms with Gasteiger partial charge in [-0.3, -0.25) is 4.79 Å². The van der Waals surface area contributed by atoms with E-state index in [1.54, 1.807) is 55.8 Å². The highest BCUT2D eigenvalue weighted by atomic mass is 16.7. The highest BCUT2D eigenvalue weighted by Crippen LogP contribution is 2.44. The van der Waals surface area contributed by atoms with Crippen molar-refractivity contribution < 1.29 is 67.9 Å². The Hall–Kier alpha value is -2.72. The number of aliphatic imine (C=N–C) groups is 1. The van der Waals surface area contributed by atoms with Crippen LogP contribution in [-0.4, -0.2) is 182 Å². The molecule has 4 fully saturated rings. The molecule has 0 aromatic heterocycles. The molecule has 18 atom stereocenters. The smallest absolute Gasteiger partial charge is 0.311 e. The Kier molecular flexibility index (Phi) is 18.4. The quantitative estimate of drug-likeness (QED) is 0.124. The lowest BCUT2D eigenvalue weighted by Crippen LogP contribution is -2.70. The fraction of sp³-hybridized carbons (Fsp3) is 0.833. The largest absolute Gasteiger partial charge is 0.497 e. The molecule has 0 unspecified atom stereocenters. The summed E-state index contributed by atoms with van der Waals surface area (Å²) in [6, 6.07) is 6.92. The summed E-state index contributed by atoms with van der Waals surface area (Å²) in [6.45, 7) is 19.2. The second kappa shape index (κ2) is 22.4. The van der Waals surface area contributed by atoms with Gasteiger partial charge in [0.2, 0.25) is 0 Å². The van der Waals surface area contributed by atoms with E-state index in [1.807, 2.05) is 57.0 Å². The number of nitrogens with zero attached hydrogens (tertiary/aromatic N) is 2. The molecule has 4 aliphatic heterocycles. The van der Waals surface area contributed by atoms with Gasteiger partial charge in [0.05, 0.1) is 61.4 Å². The number of methoxy groups -OCH3 is 3. The summed E-state index contributed by atoms with van der Waals surface area (Å²) in [5, 5.41) is 55.0. The van der Waals surface area contributed by atoms with Gasteiger partial charge in [-0.25, -0.2) is 0 Å². The average molecular weight is 939 g/mol. The van der Waals surface area contributed by atoms with Gasteiger partial charge in [0.1, 0.15) is 34.8 Å². The Morgan fingerprint density at radius 2 is 1.64 bits per heavy atom. The van der Waals surface area contributed by atoms with E-state index in [9.17, 15) is 25.2 Å². The van der Waals surface area contributed by atoms with Crippen LogP contribution >= 0.6 is 0 Å². The lowest BCUT2D eigenvalue weighted by atomic mass is 9.75. The molecule has 4 heterocycles. The van der Waals surface area contributed by atoms with Crippen LogP contribution < -0.4 is 15.4 Å². The zero-order chi connectivity index (χ0) is 48.9. The molecule has 4 saturated heterocycles. The molecule has 4 aliphatic rings. The normalized spacial score (nSPS) is 43.6. The maximum Gasteiger partial charge on any atom is 0.311 e. The number of likely N-dealkylation sites (N-methyl/N-ethyl adjacent to an activating group) is 1. The number of amidine groups is 1. The van der Waals surface area contributed by atoms with Crippen molar-refractivity contribution in [1.82, 2.24) is 15.5 Å². The second-order valence-electron chi connectivity index (χ2n) is 20.0. The molecule has 1 aromatic carbocycles. The van der Waals surface area contributed by atoms with Crippen molar-refractivity contribution in [3.8, 4) is 5.75 Å². The lowest BCUT2D eigenvalue weighted by Gasteiger charge is -2.53. The molecule has 1 aromatic rings. The summed E-state index contributed by atoms with van der Waals surface area (Å²) in [5.41, 5.74) is -5.45. The molecule has 0 amide bonds. The lowest BCUT2D eigenvalue weighted by molar-refractivity contribution is -0.335. The number of carbonyl (C=O) groups excluding carboxylic acids is 1. The Bertz CT molecular complexity index is 1740. The summed E-state index contributed by atoms with van der Waals surface area (Å²) >= 11 is 0. The molecule has 18 heteroatoms. The Morgan fingerprint density at radius 1 is 0.955 bits per heavy atom. The van der Waals surface area contributed by atoms with Crippen molar-refractivity contribution in [2.75, 3.05) is 54.6 Å². The maximum absolute atomic E-state index is 14.6. The fourth-order valence-electron chi connectivity index (χ4n) is 10.4. The van der Waals surface area contributed by atoms with Crippen LogP contribution in [0.5, 0.6) is 5.75 Å². The maximum atomic E-state index is 14.6. The third-order valence-corrected chi connectivity index (χ3v) is 14.7. The number of carbonyl (C=O) groups is 1. The monoisotopic (exact) mass is 939 g/mol. The summed E-state index contributed by atoms with van der Waals surface area (Å²) in [5.74, 6) is -2.02. The number of aliphatic hydroxyl groups excluding tert-OH is 1. The number of rotatable bonds is 13. The molecule has 0 bridgehead atoms. The topological polar surface area (TPSA) is 221 Å². The van der Waals surface area contributed by atoms with Crippen molar-refractivity contribution in [2.45, 2.75) is 185 Å². The first kappa shape index (κ1) is 54.2. The predicted molar refractivity (Wildman–Crippen MR) is 246 cm³/mol. The average Bonchev–Trinajstić information content (AvgIpc) is 3.58. The van der Waals surface area contributed by atoms with E-state index in [0.717, 1.165) is 0 Å². The minimum Gasteiger partial charge on any atom is -0.497 e. The summed E-state index contributed by atoms with van der Waals surface area (Å²) in [4.78, 5) is 21.4. The number of ether oxygens (including phenoxy) is 9. The molecule has 0 spiro atoms. The molecule has 18 nitrogen and oxygen atoms in total. The number of cyclic esters (lactones) is 1. The Morgan fingerprint density at radius 3 is 2.26 bits per heavy atom. The minimum atomic E-state index is -1.83. The van der Waals surface area contributed by atoms with Crippen molar-refractivity contribution in [3.05, 3.63) is 24.3 Å². The van der Waals surface area contributed by atoms with E-state index in [4.69, 9.17) is 47.6 Å². The summed E-state index contributed by atoms with van der Waals surface area (Å²) in [7, 11) is 6.66. The third kappa shape index (κ3) is 11.8. The number of hydrogen-bond acceptors (Lipinski definition) is 17. The van der Waals surface area contributed by atoms with Crippen molar-refractivity contribution >= 4 is 17.7 Å². The Balaban J connectivity index is 1.56. The van der Waals surface area contributed by atoms with Crippen LogP contribution in [0.2, 0.25) is 0 Å².